The number of fused-ring (bicyclic) bond motifs is 1. The van der Waals surface area contributed by atoms with Gasteiger partial charge in [0.1, 0.15) is 0 Å². The summed E-state index contributed by atoms with van der Waals surface area (Å²) in [5.74, 6) is 1.08. The van der Waals surface area contributed by atoms with Gasteiger partial charge < -0.3 is 5.32 Å². The van der Waals surface area contributed by atoms with Crippen molar-refractivity contribution >= 4 is 22.5 Å². The van der Waals surface area contributed by atoms with Gasteiger partial charge in [-0.1, -0.05) is 18.2 Å². The molecule has 0 radical (unpaired) electrons. The first-order valence-corrected chi connectivity index (χ1v) is 6.75. The van der Waals surface area contributed by atoms with E-state index in [4.69, 9.17) is 0 Å². The fourth-order valence-corrected chi connectivity index (χ4v) is 2.63. The molecule has 1 heterocycles. The van der Waals surface area contributed by atoms with Crippen LogP contribution in [-0.4, -0.2) is 24.0 Å². The Kier molecular flexibility index (Phi) is 3.80. The highest BCUT2D eigenvalue weighted by Crippen LogP contribution is 2.25. The minimum absolute atomic E-state index is 0.404. The lowest BCUT2D eigenvalue weighted by atomic mass is 10.0. The van der Waals surface area contributed by atoms with E-state index in [-0.39, 0.29) is 0 Å². The Balaban J connectivity index is 2.50. The topological polar surface area (TPSA) is 24.9 Å². The van der Waals surface area contributed by atoms with Crippen LogP contribution in [0, 0.1) is 0 Å². The molecule has 0 bridgehead atoms. The van der Waals surface area contributed by atoms with Gasteiger partial charge in [-0.25, -0.2) is 0 Å². The van der Waals surface area contributed by atoms with Crippen molar-refractivity contribution in [3.8, 4) is 0 Å². The van der Waals surface area contributed by atoms with Crippen molar-refractivity contribution in [3.05, 3.63) is 42.2 Å². The molecule has 16 heavy (non-hydrogen) atoms. The largest absolute Gasteiger partial charge is 0.312 e. The van der Waals surface area contributed by atoms with Crippen LogP contribution in [0.2, 0.25) is 0 Å². The summed E-state index contributed by atoms with van der Waals surface area (Å²) in [6.07, 6.45) is 5.92. The summed E-state index contributed by atoms with van der Waals surface area (Å²) in [5, 5.41) is 5.88. The molecule has 0 aliphatic carbocycles. The van der Waals surface area contributed by atoms with E-state index in [1.54, 1.807) is 0 Å². The number of hydrogen-bond donors (Lipinski definition) is 1. The third kappa shape index (κ3) is 2.20. The molecule has 1 N–H and O–H groups in total. The maximum Gasteiger partial charge on any atom is 0.0415 e. The van der Waals surface area contributed by atoms with E-state index in [2.05, 4.69) is 40.8 Å². The molecule has 1 unspecified atom stereocenters. The van der Waals surface area contributed by atoms with Gasteiger partial charge in [-0.15, -0.1) is 0 Å². The number of thioether (sulfide) groups is 1. The van der Waals surface area contributed by atoms with E-state index >= 15 is 0 Å². The van der Waals surface area contributed by atoms with E-state index in [0.29, 0.717) is 6.04 Å². The minimum atomic E-state index is 0.404. The Hall–Kier alpha value is -1.06. The summed E-state index contributed by atoms with van der Waals surface area (Å²) in [4.78, 5) is 4.16. The monoisotopic (exact) mass is 232 g/mol. The smallest absolute Gasteiger partial charge is 0.0415 e. The average molecular weight is 232 g/mol. The molecule has 0 saturated carbocycles. The average Bonchev–Trinajstić information content (AvgIpc) is 2.35. The molecule has 0 saturated heterocycles. The quantitative estimate of drug-likeness (QED) is 0.877. The normalized spacial score (nSPS) is 12.9. The molecule has 84 valence electrons. The number of nitrogens with one attached hydrogen (secondary N) is 1. The van der Waals surface area contributed by atoms with Crippen molar-refractivity contribution in [2.24, 2.45) is 0 Å². The molecule has 0 spiro atoms. The molecule has 1 aromatic heterocycles. The molecule has 3 heteroatoms. The summed E-state index contributed by atoms with van der Waals surface area (Å²) >= 11 is 1.86. The highest BCUT2D eigenvalue weighted by Gasteiger charge is 2.11. The van der Waals surface area contributed by atoms with Crippen molar-refractivity contribution in [3.63, 3.8) is 0 Å². The summed E-state index contributed by atoms with van der Waals surface area (Å²) < 4.78 is 0. The molecule has 2 rings (SSSR count). The minimum Gasteiger partial charge on any atom is -0.312 e. The predicted octanol–water partition coefficient (Wildman–Crippen LogP) is 2.86. The Morgan fingerprint density at radius 2 is 2.25 bits per heavy atom. The summed E-state index contributed by atoms with van der Waals surface area (Å²) in [6, 6.07) is 8.90. The van der Waals surface area contributed by atoms with Gasteiger partial charge in [-0.2, -0.15) is 11.8 Å². The summed E-state index contributed by atoms with van der Waals surface area (Å²) in [6.45, 7) is 0. The predicted molar refractivity (Wildman–Crippen MR) is 71.9 cm³/mol. The molecular formula is C13H16N2S. The highest BCUT2D eigenvalue weighted by atomic mass is 32.2. The summed E-state index contributed by atoms with van der Waals surface area (Å²) in [7, 11) is 2.01. The van der Waals surface area contributed by atoms with E-state index < -0.39 is 0 Å². The van der Waals surface area contributed by atoms with Crippen LogP contribution in [0.5, 0.6) is 0 Å². The second kappa shape index (κ2) is 5.32. The van der Waals surface area contributed by atoms with Gasteiger partial charge in [0.05, 0.1) is 0 Å². The Morgan fingerprint density at radius 1 is 1.38 bits per heavy atom. The van der Waals surface area contributed by atoms with Crippen LogP contribution in [-0.2, 0) is 0 Å². The van der Waals surface area contributed by atoms with E-state index in [1.807, 2.05) is 31.2 Å². The second-order valence-corrected chi connectivity index (χ2v) is 4.65. The van der Waals surface area contributed by atoms with Gasteiger partial charge >= 0.3 is 0 Å². The van der Waals surface area contributed by atoms with Crippen LogP contribution in [0.4, 0.5) is 0 Å². The lowest BCUT2D eigenvalue weighted by Crippen LogP contribution is -2.18. The Bertz CT molecular complexity index is 465. The zero-order valence-electron chi connectivity index (χ0n) is 9.60. The van der Waals surface area contributed by atoms with Gasteiger partial charge in [-0.3, -0.25) is 4.98 Å². The third-order valence-electron chi connectivity index (χ3n) is 2.77. The van der Waals surface area contributed by atoms with Crippen molar-refractivity contribution < 1.29 is 0 Å². The lowest BCUT2D eigenvalue weighted by molar-refractivity contribution is 0.667. The van der Waals surface area contributed by atoms with Crippen LogP contribution in [0.3, 0.4) is 0 Å². The van der Waals surface area contributed by atoms with E-state index in [1.165, 1.54) is 16.3 Å². The van der Waals surface area contributed by atoms with Gasteiger partial charge in [-0.05, 0) is 30.3 Å². The van der Waals surface area contributed by atoms with Gasteiger partial charge in [0.25, 0.3) is 0 Å². The number of nitrogens with zero attached hydrogens (tertiary/aromatic N) is 1. The van der Waals surface area contributed by atoms with Crippen LogP contribution in [0.25, 0.3) is 10.8 Å². The first-order chi connectivity index (χ1) is 7.86. The van der Waals surface area contributed by atoms with Gasteiger partial charge in [0.2, 0.25) is 0 Å². The molecule has 0 aliphatic rings. The van der Waals surface area contributed by atoms with Gasteiger partial charge in [0.15, 0.2) is 0 Å². The number of benzene rings is 1. The molecule has 1 atom stereocenters. The summed E-state index contributed by atoms with van der Waals surface area (Å²) in [5.41, 5.74) is 1.36. The van der Waals surface area contributed by atoms with Gasteiger partial charge in [0, 0.05) is 29.6 Å². The molecule has 2 nitrogen and oxygen atoms in total. The number of hydrogen-bond acceptors (Lipinski definition) is 3. The van der Waals surface area contributed by atoms with Crippen LogP contribution >= 0.6 is 11.8 Å². The van der Waals surface area contributed by atoms with Crippen LogP contribution < -0.4 is 5.32 Å². The van der Waals surface area contributed by atoms with Crippen molar-refractivity contribution in [1.29, 1.82) is 0 Å². The number of rotatable bonds is 4. The van der Waals surface area contributed by atoms with Crippen molar-refractivity contribution in [2.75, 3.05) is 19.1 Å². The number of pyridine rings is 1. The second-order valence-electron chi connectivity index (χ2n) is 3.74. The first-order valence-electron chi connectivity index (χ1n) is 5.35. The fraction of sp³-hybridized carbons (Fsp3) is 0.308. The van der Waals surface area contributed by atoms with Crippen LogP contribution in [0.1, 0.15) is 11.6 Å². The maximum atomic E-state index is 4.16. The molecule has 0 fully saturated rings. The van der Waals surface area contributed by atoms with E-state index in [0.717, 1.165) is 5.75 Å². The SMILES string of the molecule is CNC(CSC)c1cccc2cnccc12. The zero-order valence-corrected chi connectivity index (χ0v) is 10.4. The third-order valence-corrected chi connectivity index (χ3v) is 3.44. The Labute approximate surface area is 100 Å². The fourth-order valence-electron chi connectivity index (χ4n) is 1.95. The Morgan fingerprint density at radius 3 is 3.00 bits per heavy atom. The molecule has 2 aromatic rings. The van der Waals surface area contributed by atoms with Crippen molar-refractivity contribution in [2.45, 2.75) is 6.04 Å². The molecule has 0 aliphatic heterocycles. The molecule has 0 amide bonds. The molecule has 1 aromatic carbocycles. The van der Waals surface area contributed by atoms with Crippen molar-refractivity contribution in [1.82, 2.24) is 10.3 Å². The first kappa shape index (κ1) is 11.4. The van der Waals surface area contributed by atoms with Crippen LogP contribution in [0.15, 0.2) is 36.7 Å². The number of aromatic nitrogens is 1. The lowest BCUT2D eigenvalue weighted by Gasteiger charge is -2.17. The maximum absolute atomic E-state index is 4.16. The zero-order chi connectivity index (χ0) is 11.4. The standard InChI is InChI=1S/C13H16N2S/c1-14-13(9-16-2)12-5-3-4-10-8-15-7-6-11(10)12/h3-8,13-14H,9H2,1-2H3. The molecular weight excluding hydrogens is 216 g/mol. The highest BCUT2D eigenvalue weighted by molar-refractivity contribution is 7.98. The van der Waals surface area contributed by atoms with E-state index in [9.17, 15) is 0 Å².